The van der Waals surface area contributed by atoms with Crippen molar-refractivity contribution in [1.29, 1.82) is 0 Å². The minimum Gasteiger partial charge on any atom is -0.505 e. The first-order chi connectivity index (χ1) is 9.13. The number of carbonyl (C=O) groups is 1. The van der Waals surface area contributed by atoms with E-state index in [9.17, 15) is 14.3 Å². The Kier molecular flexibility index (Phi) is 3.75. The summed E-state index contributed by atoms with van der Waals surface area (Å²) < 4.78 is 13.2. The molecule has 1 N–H and O–H groups in total. The van der Waals surface area contributed by atoms with E-state index >= 15 is 0 Å². The lowest BCUT2D eigenvalue weighted by molar-refractivity contribution is 0.0980. The number of amides is 1. The highest BCUT2D eigenvalue weighted by Gasteiger charge is 2.20. The predicted octanol–water partition coefficient (Wildman–Crippen LogP) is 2.59. The Morgan fingerprint density at radius 2 is 2.16 bits per heavy atom. The molecule has 1 amide bonds. The molecular weight excluding hydrogens is 247 g/mol. The highest BCUT2D eigenvalue weighted by molar-refractivity contribution is 6.06. The van der Waals surface area contributed by atoms with Crippen LogP contribution < -0.4 is 4.90 Å². The molecule has 1 aromatic heterocycles. The first-order valence-electron chi connectivity index (χ1n) is 5.85. The summed E-state index contributed by atoms with van der Waals surface area (Å²) in [5.74, 6) is -1.08. The summed E-state index contributed by atoms with van der Waals surface area (Å²) in [5, 5.41) is 9.64. The third-order valence-electron chi connectivity index (χ3n) is 2.67. The number of carbonyl (C=O) groups excluding carboxylic acids is 1. The largest absolute Gasteiger partial charge is 0.505 e. The van der Waals surface area contributed by atoms with Gasteiger partial charge in [-0.15, -0.1) is 0 Å². The average Bonchev–Trinajstić information content (AvgIpc) is 2.40. The molecule has 1 heterocycles. The summed E-state index contributed by atoms with van der Waals surface area (Å²) in [6.45, 7) is 2.11. The Bertz CT molecular complexity index is 602. The van der Waals surface area contributed by atoms with Crippen molar-refractivity contribution in [1.82, 2.24) is 4.98 Å². The number of rotatable bonds is 3. The van der Waals surface area contributed by atoms with E-state index in [0.29, 0.717) is 12.2 Å². The van der Waals surface area contributed by atoms with Crippen LogP contribution in [0.15, 0.2) is 42.6 Å². The molecule has 98 valence electrons. The van der Waals surface area contributed by atoms with Gasteiger partial charge in [-0.3, -0.25) is 4.79 Å². The molecule has 0 atom stereocenters. The summed E-state index contributed by atoms with van der Waals surface area (Å²) >= 11 is 0. The van der Waals surface area contributed by atoms with Gasteiger partial charge in [-0.1, -0.05) is 6.07 Å². The summed E-state index contributed by atoms with van der Waals surface area (Å²) in [7, 11) is 0. The Hall–Kier alpha value is -2.43. The van der Waals surface area contributed by atoms with E-state index in [1.165, 1.54) is 41.4 Å². The molecule has 19 heavy (non-hydrogen) atoms. The average molecular weight is 260 g/mol. The Morgan fingerprint density at radius 1 is 1.37 bits per heavy atom. The third-order valence-corrected chi connectivity index (χ3v) is 2.67. The number of benzene rings is 1. The molecule has 0 bridgehead atoms. The van der Waals surface area contributed by atoms with Gasteiger partial charge in [0.25, 0.3) is 5.91 Å². The quantitative estimate of drug-likeness (QED) is 0.922. The Morgan fingerprint density at radius 3 is 2.79 bits per heavy atom. The monoisotopic (exact) mass is 260 g/mol. The molecule has 0 radical (unpaired) electrons. The number of halogens is 1. The summed E-state index contributed by atoms with van der Waals surface area (Å²) in [5.41, 5.74) is 0.381. The summed E-state index contributed by atoms with van der Waals surface area (Å²) in [6.07, 6.45) is 1.42. The van der Waals surface area contributed by atoms with Crippen LogP contribution in [0.4, 0.5) is 10.1 Å². The van der Waals surface area contributed by atoms with Crippen LogP contribution in [0.3, 0.4) is 0 Å². The van der Waals surface area contributed by atoms with Crippen LogP contribution >= 0.6 is 0 Å². The van der Waals surface area contributed by atoms with Crippen LogP contribution in [0.25, 0.3) is 0 Å². The second-order valence-corrected chi connectivity index (χ2v) is 3.90. The van der Waals surface area contributed by atoms with E-state index in [2.05, 4.69) is 4.98 Å². The molecule has 0 aliphatic rings. The number of hydrogen-bond donors (Lipinski definition) is 1. The molecular formula is C14H13FN2O2. The van der Waals surface area contributed by atoms with Crippen molar-refractivity contribution in [2.45, 2.75) is 6.92 Å². The molecule has 4 nitrogen and oxygen atoms in total. The van der Waals surface area contributed by atoms with Crippen molar-refractivity contribution in [3.05, 3.63) is 54.1 Å². The van der Waals surface area contributed by atoms with Gasteiger partial charge in [0.15, 0.2) is 5.69 Å². The van der Waals surface area contributed by atoms with Crippen LogP contribution in [-0.4, -0.2) is 22.5 Å². The number of hydrogen-bond acceptors (Lipinski definition) is 3. The van der Waals surface area contributed by atoms with E-state index in [4.69, 9.17) is 0 Å². The van der Waals surface area contributed by atoms with Crippen molar-refractivity contribution < 1.29 is 14.3 Å². The first kappa shape index (κ1) is 13.0. The Labute approximate surface area is 110 Å². The molecule has 0 unspecified atom stereocenters. The summed E-state index contributed by atoms with van der Waals surface area (Å²) in [6, 6.07) is 8.65. The van der Waals surface area contributed by atoms with Crippen LogP contribution in [-0.2, 0) is 0 Å². The number of pyridine rings is 1. The molecule has 0 aliphatic heterocycles. The van der Waals surface area contributed by atoms with Gasteiger partial charge in [0.05, 0.1) is 0 Å². The Balaban J connectivity index is 2.38. The van der Waals surface area contributed by atoms with Gasteiger partial charge in [0, 0.05) is 18.4 Å². The molecule has 0 fully saturated rings. The van der Waals surface area contributed by atoms with Crippen molar-refractivity contribution in [2.24, 2.45) is 0 Å². The fraction of sp³-hybridized carbons (Fsp3) is 0.143. The minimum atomic E-state index is -0.466. The van der Waals surface area contributed by atoms with Crippen molar-refractivity contribution in [3.8, 4) is 5.75 Å². The van der Waals surface area contributed by atoms with Crippen molar-refractivity contribution in [2.75, 3.05) is 11.4 Å². The predicted molar refractivity (Wildman–Crippen MR) is 69.7 cm³/mol. The fourth-order valence-electron chi connectivity index (χ4n) is 1.78. The number of aromatic nitrogens is 1. The van der Waals surface area contributed by atoms with Gasteiger partial charge < -0.3 is 10.0 Å². The van der Waals surface area contributed by atoms with Crippen molar-refractivity contribution in [3.63, 3.8) is 0 Å². The minimum absolute atomic E-state index is 0.0476. The van der Waals surface area contributed by atoms with Gasteiger partial charge >= 0.3 is 0 Å². The smallest absolute Gasteiger partial charge is 0.280 e. The molecule has 0 saturated heterocycles. The second kappa shape index (κ2) is 5.48. The molecule has 2 rings (SSSR count). The van der Waals surface area contributed by atoms with Crippen molar-refractivity contribution >= 4 is 11.6 Å². The lowest BCUT2D eigenvalue weighted by Gasteiger charge is -2.20. The SMILES string of the molecule is CCN(C(=O)c1ncccc1O)c1cccc(F)c1. The zero-order chi connectivity index (χ0) is 13.8. The van der Waals surface area contributed by atoms with E-state index in [0.717, 1.165) is 0 Å². The zero-order valence-corrected chi connectivity index (χ0v) is 10.4. The first-order valence-corrected chi connectivity index (χ1v) is 5.85. The molecule has 5 heteroatoms. The molecule has 0 spiro atoms. The maximum Gasteiger partial charge on any atom is 0.280 e. The van der Waals surface area contributed by atoms with Crippen LogP contribution in [0.1, 0.15) is 17.4 Å². The molecule has 1 aromatic carbocycles. The second-order valence-electron chi connectivity index (χ2n) is 3.90. The lowest BCUT2D eigenvalue weighted by atomic mass is 10.2. The van der Waals surface area contributed by atoms with Gasteiger partial charge in [0.2, 0.25) is 0 Å². The highest BCUT2D eigenvalue weighted by atomic mass is 19.1. The van der Waals surface area contributed by atoms with E-state index < -0.39 is 11.7 Å². The molecule has 0 aliphatic carbocycles. The van der Waals surface area contributed by atoms with E-state index in [1.807, 2.05) is 0 Å². The summed E-state index contributed by atoms with van der Waals surface area (Å²) in [4.78, 5) is 17.5. The van der Waals surface area contributed by atoms with Crippen LogP contribution in [0.2, 0.25) is 0 Å². The maximum absolute atomic E-state index is 13.2. The normalized spacial score (nSPS) is 10.2. The third kappa shape index (κ3) is 2.70. The van der Waals surface area contributed by atoms with Crippen LogP contribution in [0.5, 0.6) is 5.75 Å². The maximum atomic E-state index is 13.2. The highest BCUT2D eigenvalue weighted by Crippen LogP contribution is 2.21. The number of anilines is 1. The van der Waals surface area contributed by atoms with Gasteiger partial charge in [-0.2, -0.15) is 0 Å². The van der Waals surface area contributed by atoms with Gasteiger partial charge in [-0.05, 0) is 37.3 Å². The number of aromatic hydroxyl groups is 1. The van der Waals surface area contributed by atoms with E-state index in [-0.39, 0.29) is 11.4 Å². The zero-order valence-electron chi connectivity index (χ0n) is 10.4. The van der Waals surface area contributed by atoms with Crippen LogP contribution in [0, 0.1) is 5.82 Å². The van der Waals surface area contributed by atoms with Gasteiger partial charge in [0.1, 0.15) is 11.6 Å². The lowest BCUT2D eigenvalue weighted by Crippen LogP contribution is -2.31. The fourth-order valence-corrected chi connectivity index (χ4v) is 1.78. The number of nitrogens with zero attached hydrogens (tertiary/aromatic N) is 2. The standard InChI is InChI=1S/C14H13FN2O2/c1-2-17(11-6-3-5-10(15)9-11)14(19)13-12(18)7-4-8-16-13/h3-9,18H,2H2,1H3. The molecule has 2 aromatic rings. The molecule has 0 saturated carbocycles. The van der Waals surface area contributed by atoms with Gasteiger partial charge in [-0.25, -0.2) is 9.37 Å². The topological polar surface area (TPSA) is 53.4 Å². The van der Waals surface area contributed by atoms with E-state index in [1.54, 1.807) is 13.0 Å².